The van der Waals surface area contributed by atoms with Crippen LogP contribution in [0, 0.1) is 6.92 Å². The molecule has 1 aliphatic heterocycles. The minimum absolute atomic E-state index is 0.0169. The standard InChI is InChI=1S/C34H40N6O5/c1-4-40-23-35-19-27(40)20-36-31-18-25(34(42)43-3)10-13-30(31)38-32(41)21-39-16-14-29(15-17-39)45-33-7-5-6-26(37-33)22-44-28-11-8-24(2)9-12-28/h5-13,18-19,23,29,36H,4,14-17,20-22H2,1-3H3,(H,38,41). The first-order chi connectivity index (χ1) is 21.9. The summed E-state index contributed by atoms with van der Waals surface area (Å²) in [5.74, 6) is 0.798. The van der Waals surface area contributed by atoms with Gasteiger partial charge in [-0.1, -0.05) is 23.8 Å². The van der Waals surface area contributed by atoms with Crippen LogP contribution in [0.3, 0.4) is 0 Å². The number of imidazole rings is 1. The molecule has 5 rings (SSSR count). The summed E-state index contributed by atoms with van der Waals surface area (Å²) in [5, 5.41) is 6.36. The van der Waals surface area contributed by atoms with Crippen LogP contribution in [-0.2, 0) is 29.2 Å². The van der Waals surface area contributed by atoms with Gasteiger partial charge in [-0.2, -0.15) is 0 Å². The van der Waals surface area contributed by atoms with Gasteiger partial charge in [-0.05, 0) is 63.1 Å². The first-order valence-electron chi connectivity index (χ1n) is 15.2. The second-order valence-electron chi connectivity index (χ2n) is 11.0. The van der Waals surface area contributed by atoms with Crippen molar-refractivity contribution in [2.45, 2.75) is 52.5 Å². The Kier molecular flexibility index (Phi) is 10.7. The number of rotatable bonds is 13. The number of hydrogen-bond donors (Lipinski definition) is 2. The predicted octanol–water partition coefficient (Wildman–Crippen LogP) is 5.07. The number of nitrogens with one attached hydrogen (secondary N) is 2. The van der Waals surface area contributed by atoms with Gasteiger partial charge >= 0.3 is 5.97 Å². The average Bonchev–Trinajstić information content (AvgIpc) is 3.52. The fraction of sp³-hybridized carbons (Fsp3) is 0.353. The summed E-state index contributed by atoms with van der Waals surface area (Å²) in [6.07, 6.45) is 5.15. The van der Waals surface area contributed by atoms with Gasteiger partial charge in [-0.15, -0.1) is 0 Å². The number of benzene rings is 2. The number of aryl methyl sites for hydroxylation is 2. The number of hydrogen-bond acceptors (Lipinski definition) is 9. The second-order valence-corrected chi connectivity index (χ2v) is 11.0. The molecule has 2 N–H and O–H groups in total. The Labute approximate surface area is 263 Å². The van der Waals surface area contributed by atoms with E-state index in [0.29, 0.717) is 36.0 Å². The smallest absolute Gasteiger partial charge is 0.337 e. The first kappa shape index (κ1) is 31.5. The van der Waals surface area contributed by atoms with Crippen molar-refractivity contribution in [3.05, 3.63) is 95.7 Å². The van der Waals surface area contributed by atoms with Crippen molar-refractivity contribution < 1.29 is 23.8 Å². The Morgan fingerprint density at radius 2 is 1.82 bits per heavy atom. The van der Waals surface area contributed by atoms with Gasteiger partial charge in [0.05, 0.1) is 54.9 Å². The highest BCUT2D eigenvalue weighted by molar-refractivity contribution is 5.98. The number of carbonyl (C=O) groups excluding carboxylic acids is 2. The zero-order valence-electron chi connectivity index (χ0n) is 26.0. The van der Waals surface area contributed by atoms with Crippen LogP contribution in [0.2, 0.25) is 0 Å². The predicted molar refractivity (Wildman–Crippen MR) is 171 cm³/mol. The molecular formula is C34H40N6O5. The first-order valence-corrected chi connectivity index (χ1v) is 15.2. The van der Waals surface area contributed by atoms with Crippen molar-refractivity contribution in [2.75, 3.05) is 37.4 Å². The van der Waals surface area contributed by atoms with Gasteiger partial charge in [0, 0.05) is 31.9 Å². The molecule has 0 atom stereocenters. The third-order valence-corrected chi connectivity index (χ3v) is 7.69. The van der Waals surface area contributed by atoms with E-state index in [9.17, 15) is 9.59 Å². The molecule has 0 unspecified atom stereocenters. The van der Waals surface area contributed by atoms with Crippen LogP contribution < -0.4 is 20.1 Å². The van der Waals surface area contributed by atoms with Gasteiger partial charge in [0.1, 0.15) is 18.5 Å². The van der Waals surface area contributed by atoms with Crippen molar-refractivity contribution in [1.29, 1.82) is 0 Å². The van der Waals surface area contributed by atoms with Crippen molar-refractivity contribution in [1.82, 2.24) is 19.4 Å². The summed E-state index contributed by atoms with van der Waals surface area (Å²) in [5.41, 5.74) is 4.58. The highest BCUT2D eigenvalue weighted by atomic mass is 16.5. The SMILES string of the molecule is CCn1cncc1CNc1cc(C(=O)OC)ccc1NC(=O)CN1CCC(Oc2cccc(COc3ccc(C)cc3)n2)CC1. The van der Waals surface area contributed by atoms with E-state index in [0.717, 1.165) is 49.6 Å². The number of anilines is 2. The zero-order chi connectivity index (χ0) is 31.6. The molecule has 1 amide bonds. The van der Waals surface area contributed by atoms with Gasteiger partial charge < -0.3 is 29.4 Å². The number of pyridine rings is 1. The number of piperidine rings is 1. The number of aromatic nitrogens is 3. The topological polar surface area (TPSA) is 120 Å². The lowest BCUT2D eigenvalue weighted by molar-refractivity contribution is -0.117. The number of amides is 1. The molecule has 3 heterocycles. The monoisotopic (exact) mass is 612 g/mol. The lowest BCUT2D eigenvalue weighted by atomic mass is 10.1. The van der Waals surface area contributed by atoms with Crippen molar-refractivity contribution >= 4 is 23.3 Å². The maximum Gasteiger partial charge on any atom is 0.337 e. The Hall–Kier alpha value is -4.90. The van der Waals surface area contributed by atoms with E-state index < -0.39 is 5.97 Å². The average molecular weight is 613 g/mol. The van der Waals surface area contributed by atoms with E-state index in [1.807, 2.05) is 60.9 Å². The highest BCUT2D eigenvalue weighted by Gasteiger charge is 2.23. The number of ether oxygens (including phenoxy) is 3. The molecule has 0 radical (unpaired) electrons. The molecular weight excluding hydrogens is 572 g/mol. The normalized spacial score (nSPS) is 13.7. The third-order valence-electron chi connectivity index (χ3n) is 7.69. The molecule has 11 nitrogen and oxygen atoms in total. The van der Waals surface area contributed by atoms with Crippen LogP contribution in [-0.4, -0.2) is 64.2 Å². The largest absolute Gasteiger partial charge is 0.487 e. The zero-order valence-corrected chi connectivity index (χ0v) is 26.0. The number of nitrogens with zero attached hydrogens (tertiary/aromatic N) is 4. The van der Waals surface area contributed by atoms with Crippen LogP contribution in [0.25, 0.3) is 0 Å². The van der Waals surface area contributed by atoms with E-state index >= 15 is 0 Å². The van der Waals surface area contributed by atoms with Gasteiger partial charge in [0.25, 0.3) is 0 Å². The highest BCUT2D eigenvalue weighted by Crippen LogP contribution is 2.25. The molecule has 2 aromatic heterocycles. The lowest BCUT2D eigenvalue weighted by Gasteiger charge is -2.31. The van der Waals surface area contributed by atoms with Crippen LogP contribution in [0.5, 0.6) is 11.6 Å². The van der Waals surface area contributed by atoms with E-state index in [-0.39, 0.29) is 18.6 Å². The molecule has 0 spiro atoms. The summed E-state index contributed by atoms with van der Waals surface area (Å²) < 4.78 is 19.0. The molecule has 11 heteroatoms. The van der Waals surface area contributed by atoms with E-state index in [4.69, 9.17) is 14.2 Å². The van der Waals surface area contributed by atoms with Gasteiger partial charge in [-0.25, -0.2) is 14.8 Å². The minimum Gasteiger partial charge on any atom is -0.487 e. The van der Waals surface area contributed by atoms with Gasteiger partial charge in [-0.3, -0.25) is 9.69 Å². The molecule has 4 aromatic rings. The maximum atomic E-state index is 13.1. The quantitative estimate of drug-likeness (QED) is 0.200. The van der Waals surface area contributed by atoms with Crippen LogP contribution in [0.4, 0.5) is 11.4 Å². The Balaban J connectivity index is 1.11. The molecule has 45 heavy (non-hydrogen) atoms. The molecule has 1 fully saturated rings. The van der Waals surface area contributed by atoms with Gasteiger partial charge in [0.15, 0.2) is 0 Å². The molecule has 0 bridgehead atoms. The summed E-state index contributed by atoms with van der Waals surface area (Å²) >= 11 is 0. The Morgan fingerprint density at radius 1 is 1.02 bits per heavy atom. The third kappa shape index (κ3) is 8.82. The van der Waals surface area contributed by atoms with Crippen LogP contribution >= 0.6 is 0 Å². The van der Waals surface area contributed by atoms with Crippen molar-refractivity contribution in [3.8, 4) is 11.6 Å². The fourth-order valence-electron chi connectivity index (χ4n) is 5.15. The maximum absolute atomic E-state index is 13.1. The van der Waals surface area contributed by atoms with E-state index in [1.54, 1.807) is 30.7 Å². The minimum atomic E-state index is -0.447. The van der Waals surface area contributed by atoms with Gasteiger partial charge in [0.2, 0.25) is 11.8 Å². The summed E-state index contributed by atoms with van der Waals surface area (Å²) in [7, 11) is 1.34. The van der Waals surface area contributed by atoms with Crippen molar-refractivity contribution in [2.24, 2.45) is 0 Å². The summed E-state index contributed by atoms with van der Waals surface area (Å²) in [6, 6.07) is 18.7. The number of likely N-dealkylation sites (tertiary alicyclic amines) is 1. The molecule has 0 saturated carbocycles. The second kappa shape index (κ2) is 15.2. The Morgan fingerprint density at radius 3 is 2.58 bits per heavy atom. The molecule has 1 aliphatic rings. The molecule has 2 aromatic carbocycles. The summed E-state index contributed by atoms with van der Waals surface area (Å²) in [6.45, 7) is 7.41. The molecule has 236 valence electrons. The summed E-state index contributed by atoms with van der Waals surface area (Å²) in [4.78, 5) is 36.2. The van der Waals surface area contributed by atoms with Crippen molar-refractivity contribution in [3.63, 3.8) is 0 Å². The van der Waals surface area contributed by atoms with Crippen LogP contribution in [0.1, 0.15) is 47.1 Å². The number of carbonyl (C=O) groups is 2. The lowest BCUT2D eigenvalue weighted by Crippen LogP contribution is -2.42. The fourth-order valence-corrected chi connectivity index (χ4v) is 5.15. The number of methoxy groups -OCH3 is 1. The van der Waals surface area contributed by atoms with E-state index in [1.165, 1.54) is 12.7 Å². The van der Waals surface area contributed by atoms with Crippen LogP contribution in [0.15, 0.2) is 73.2 Å². The molecule has 1 saturated heterocycles. The van der Waals surface area contributed by atoms with E-state index in [2.05, 4.69) is 25.5 Å². The number of esters is 1. The molecule has 0 aliphatic carbocycles. The Bertz CT molecular complexity index is 1580.